The van der Waals surface area contributed by atoms with Gasteiger partial charge in [-0.1, -0.05) is 0 Å². The summed E-state index contributed by atoms with van der Waals surface area (Å²) in [6.45, 7) is 2.24. The van der Waals surface area contributed by atoms with Gasteiger partial charge in [0.05, 0.1) is 0 Å². The fourth-order valence-corrected chi connectivity index (χ4v) is 8.18. The molecule has 0 unspecified atom stereocenters. The van der Waals surface area contributed by atoms with Crippen LogP contribution in [0.25, 0.3) is 0 Å². The molecule has 0 aliphatic heterocycles. The molecule has 0 spiro atoms. The Labute approximate surface area is 87.5 Å². The molecule has 13 heavy (non-hydrogen) atoms. The molecule has 0 N–H and O–H groups in total. The molecule has 0 saturated heterocycles. The average Bonchev–Trinajstić information content (AvgIpc) is 2.76. The van der Waals surface area contributed by atoms with E-state index < -0.39 is 21.3 Å². The maximum atomic E-state index is 2.51. The Hall–Kier alpha value is -0.287. The number of hydrogen-bond acceptors (Lipinski definition) is 0. The van der Waals surface area contributed by atoms with Crippen LogP contribution in [0.4, 0.5) is 0 Å². The van der Waals surface area contributed by atoms with Gasteiger partial charge in [-0.05, 0) is 0 Å². The van der Waals surface area contributed by atoms with Gasteiger partial charge >= 0.3 is 87.8 Å². The molecule has 0 amide bonds. The van der Waals surface area contributed by atoms with Crippen molar-refractivity contribution in [3.63, 3.8) is 0 Å². The van der Waals surface area contributed by atoms with Crippen molar-refractivity contribution in [3.8, 4) is 0 Å². The Morgan fingerprint density at radius 3 is 1.54 bits per heavy atom. The summed E-state index contributed by atoms with van der Waals surface area (Å²) in [6, 6.07) is 0. The molecule has 0 fully saturated rings. The van der Waals surface area contributed by atoms with Gasteiger partial charge in [0.25, 0.3) is 0 Å². The molecular formula is C12H14Zr. The molecule has 2 rings (SSSR count). The second kappa shape index (κ2) is 4.28. The Morgan fingerprint density at radius 2 is 1.23 bits per heavy atom. The summed E-state index contributed by atoms with van der Waals surface area (Å²) in [4.78, 5) is 0. The van der Waals surface area contributed by atoms with E-state index in [0.29, 0.717) is 0 Å². The normalized spacial score (nSPS) is 20.4. The molecule has 0 atom stereocenters. The maximum absolute atomic E-state index is 2.51. The van der Waals surface area contributed by atoms with Gasteiger partial charge in [-0.25, -0.2) is 0 Å². The molecule has 0 heterocycles. The summed E-state index contributed by atoms with van der Waals surface area (Å²) in [5.41, 5.74) is 0. The van der Waals surface area contributed by atoms with Crippen molar-refractivity contribution in [2.45, 2.75) is 14.2 Å². The van der Waals surface area contributed by atoms with Gasteiger partial charge in [0.2, 0.25) is 0 Å². The first kappa shape index (κ1) is 9.28. The van der Waals surface area contributed by atoms with Gasteiger partial charge in [-0.15, -0.1) is 0 Å². The SMILES string of the molecule is C[CH]=[Zr]([CH]1C=CC=C1)[CH]1C=CC=C1. The van der Waals surface area contributed by atoms with Crippen molar-refractivity contribution in [3.05, 3.63) is 48.6 Å². The van der Waals surface area contributed by atoms with Gasteiger partial charge in [-0.2, -0.15) is 0 Å². The second-order valence-corrected chi connectivity index (χ2v) is 10.5. The van der Waals surface area contributed by atoms with E-state index in [0.717, 1.165) is 7.25 Å². The molecule has 0 aromatic heterocycles. The van der Waals surface area contributed by atoms with Crippen LogP contribution in [-0.4, -0.2) is 3.71 Å². The third kappa shape index (κ3) is 1.97. The molecule has 2 aliphatic carbocycles. The summed E-state index contributed by atoms with van der Waals surface area (Å²) >= 11 is -1.38. The van der Waals surface area contributed by atoms with E-state index in [1.54, 1.807) is 0 Å². The topological polar surface area (TPSA) is 0 Å². The van der Waals surface area contributed by atoms with Crippen LogP contribution >= 0.6 is 0 Å². The zero-order valence-electron chi connectivity index (χ0n) is 7.85. The zero-order valence-corrected chi connectivity index (χ0v) is 10.3. The van der Waals surface area contributed by atoms with E-state index in [9.17, 15) is 0 Å². The predicted molar refractivity (Wildman–Crippen MR) is 55.8 cm³/mol. The number of rotatable bonds is 2. The van der Waals surface area contributed by atoms with E-state index in [1.807, 2.05) is 0 Å². The van der Waals surface area contributed by atoms with Crippen molar-refractivity contribution in [1.82, 2.24) is 0 Å². The van der Waals surface area contributed by atoms with Crippen molar-refractivity contribution in [2.24, 2.45) is 0 Å². The summed E-state index contributed by atoms with van der Waals surface area (Å²) in [7, 11) is 0. The third-order valence-electron chi connectivity index (χ3n) is 2.60. The van der Waals surface area contributed by atoms with Crippen LogP contribution in [0.15, 0.2) is 48.6 Å². The summed E-state index contributed by atoms with van der Waals surface area (Å²) in [5.74, 6) is 0. The van der Waals surface area contributed by atoms with Crippen LogP contribution in [0.5, 0.6) is 0 Å². The minimum atomic E-state index is -1.38. The summed E-state index contributed by atoms with van der Waals surface area (Å²) < 4.78 is 4.10. The Bertz CT molecular complexity index is 275. The van der Waals surface area contributed by atoms with Crippen molar-refractivity contribution in [1.29, 1.82) is 0 Å². The minimum absolute atomic E-state index is 0.796. The average molecular weight is 249 g/mol. The van der Waals surface area contributed by atoms with Gasteiger partial charge in [0.15, 0.2) is 0 Å². The van der Waals surface area contributed by atoms with E-state index in [2.05, 4.69) is 59.2 Å². The van der Waals surface area contributed by atoms with Crippen LogP contribution in [0.3, 0.4) is 0 Å². The molecule has 66 valence electrons. The first-order chi connectivity index (χ1) is 6.42. The van der Waals surface area contributed by atoms with Crippen LogP contribution in [-0.2, 0) is 21.3 Å². The number of hydrogen-bond donors (Lipinski definition) is 0. The first-order valence-electron chi connectivity index (χ1n) is 4.78. The van der Waals surface area contributed by atoms with Crippen LogP contribution in [0, 0.1) is 0 Å². The van der Waals surface area contributed by atoms with Crippen LogP contribution < -0.4 is 0 Å². The summed E-state index contributed by atoms with van der Waals surface area (Å²) in [6.07, 6.45) is 18.2. The molecular weight excluding hydrogens is 235 g/mol. The fourth-order valence-electron chi connectivity index (χ4n) is 1.92. The van der Waals surface area contributed by atoms with Crippen LogP contribution in [0.2, 0.25) is 7.25 Å². The van der Waals surface area contributed by atoms with Crippen LogP contribution in [0.1, 0.15) is 6.92 Å². The summed E-state index contributed by atoms with van der Waals surface area (Å²) in [5, 5.41) is 0. The molecule has 0 radical (unpaired) electrons. The molecule has 1 heteroatoms. The fraction of sp³-hybridized carbons (Fsp3) is 0.250. The van der Waals surface area contributed by atoms with Gasteiger partial charge in [-0.3, -0.25) is 0 Å². The van der Waals surface area contributed by atoms with Crippen molar-refractivity contribution < 1.29 is 21.3 Å². The van der Waals surface area contributed by atoms with Gasteiger partial charge < -0.3 is 0 Å². The quantitative estimate of drug-likeness (QED) is 0.705. The Balaban J connectivity index is 2.18. The molecule has 0 aromatic carbocycles. The first-order valence-corrected chi connectivity index (χ1v) is 9.03. The zero-order chi connectivity index (χ0) is 9.10. The third-order valence-corrected chi connectivity index (χ3v) is 9.91. The molecule has 0 saturated carbocycles. The van der Waals surface area contributed by atoms with Crippen molar-refractivity contribution >= 4 is 3.71 Å². The van der Waals surface area contributed by atoms with E-state index >= 15 is 0 Å². The predicted octanol–water partition coefficient (Wildman–Crippen LogP) is 3.26. The van der Waals surface area contributed by atoms with E-state index in [-0.39, 0.29) is 0 Å². The van der Waals surface area contributed by atoms with Crippen molar-refractivity contribution in [2.75, 3.05) is 0 Å². The van der Waals surface area contributed by atoms with Gasteiger partial charge in [0, 0.05) is 0 Å². The Kier molecular flexibility index (Phi) is 3.06. The molecule has 0 aromatic rings. The molecule has 0 nitrogen and oxygen atoms in total. The molecule has 0 bridgehead atoms. The van der Waals surface area contributed by atoms with E-state index in [1.165, 1.54) is 0 Å². The number of allylic oxidation sites excluding steroid dienone is 8. The Morgan fingerprint density at radius 1 is 0.846 bits per heavy atom. The second-order valence-electron chi connectivity index (χ2n) is 3.38. The monoisotopic (exact) mass is 248 g/mol. The standard InChI is InChI=1S/2C5H5.C2H4.Zr/c2*1-2-4-5-3-1;1-2;/h2*1-5H;1H,2H3;. The van der Waals surface area contributed by atoms with E-state index in [4.69, 9.17) is 0 Å². The van der Waals surface area contributed by atoms with Gasteiger partial charge in [0.1, 0.15) is 0 Å². The molecule has 2 aliphatic rings.